The summed E-state index contributed by atoms with van der Waals surface area (Å²) in [6, 6.07) is 8.37. The molecule has 0 radical (unpaired) electrons. The number of amides is 2. The molecule has 1 atom stereocenters. The Bertz CT molecular complexity index is 664. The van der Waals surface area contributed by atoms with Gasteiger partial charge >= 0.3 is 0 Å². The second-order valence-corrected chi connectivity index (χ2v) is 8.36. The molecule has 1 aliphatic carbocycles. The molecule has 6 nitrogen and oxygen atoms in total. The zero-order chi connectivity index (χ0) is 19.9. The van der Waals surface area contributed by atoms with E-state index in [0.717, 1.165) is 51.1 Å². The number of hydrogen-bond acceptors (Lipinski definition) is 2. The van der Waals surface area contributed by atoms with E-state index in [0.29, 0.717) is 12.6 Å². The number of rotatable bonds is 7. The van der Waals surface area contributed by atoms with E-state index in [1.54, 1.807) is 0 Å². The van der Waals surface area contributed by atoms with Gasteiger partial charge in [0, 0.05) is 11.7 Å². The van der Waals surface area contributed by atoms with Crippen LogP contribution in [0.2, 0.25) is 0 Å². The average molecular weight is 389 g/mol. The molecule has 2 amide bonds. The van der Waals surface area contributed by atoms with E-state index in [4.69, 9.17) is 0 Å². The van der Waals surface area contributed by atoms with Crippen LogP contribution >= 0.6 is 0 Å². The van der Waals surface area contributed by atoms with E-state index in [2.05, 4.69) is 23.6 Å². The van der Waals surface area contributed by atoms with E-state index in [1.807, 2.05) is 25.1 Å². The summed E-state index contributed by atoms with van der Waals surface area (Å²) in [5, 5.41) is 6.30. The fourth-order valence-corrected chi connectivity index (χ4v) is 4.49. The highest BCUT2D eigenvalue weighted by Crippen LogP contribution is 2.17. The van der Waals surface area contributed by atoms with Gasteiger partial charge < -0.3 is 20.4 Å². The quantitative estimate of drug-likeness (QED) is 0.505. The molecule has 154 valence electrons. The van der Waals surface area contributed by atoms with Gasteiger partial charge in [0.15, 0.2) is 12.6 Å². The normalized spacial score (nSPS) is 23.9. The van der Waals surface area contributed by atoms with Crippen molar-refractivity contribution in [1.29, 1.82) is 0 Å². The maximum absolute atomic E-state index is 12.5. The maximum atomic E-state index is 12.5. The van der Waals surface area contributed by atoms with Crippen LogP contribution in [0, 0.1) is 0 Å². The van der Waals surface area contributed by atoms with E-state index >= 15 is 0 Å². The number of nitrogens with one attached hydrogen (secondary N) is 4. The van der Waals surface area contributed by atoms with Crippen molar-refractivity contribution in [1.82, 2.24) is 5.32 Å². The molecule has 4 N–H and O–H groups in total. The van der Waals surface area contributed by atoms with Crippen molar-refractivity contribution in [3.63, 3.8) is 0 Å². The number of piperazine rings is 1. The van der Waals surface area contributed by atoms with E-state index in [9.17, 15) is 9.59 Å². The van der Waals surface area contributed by atoms with Crippen LogP contribution in [-0.4, -0.2) is 56.6 Å². The van der Waals surface area contributed by atoms with Gasteiger partial charge in [0.05, 0.1) is 0 Å². The Morgan fingerprint density at radius 3 is 2.46 bits per heavy atom. The first-order valence-electron chi connectivity index (χ1n) is 10.9. The van der Waals surface area contributed by atoms with Crippen LogP contribution in [0.5, 0.6) is 0 Å². The average Bonchev–Trinajstić information content (AvgIpc) is 3.21. The monoisotopic (exact) mass is 388 g/mol. The number of benzene rings is 1. The Hall–Kier alpha value is -1.92. The van der Waals surface area contributed by atoms with Crippen LogP contribution in [-0.2, 0) is 16.0 Å². The minimum absolute atomic E-state index is 0.00703. The molecule has 0 spiro atoms. The Balaban J connectivity index is 1.42. The molecule has 1 aliphatic heterocycles. The summed E-state index contributed by atoms with van der Waals surface area (Å²) >= 11 is 0. The predicted molar refractivity (Wildman–Crippen MR) is 111 cm³/mol. The lowest BCUT2D eigenvalue weighted by Crippen LogP contribution is -3.30. The Labute approximate surface area is 168 Å². The fraction of sp³-hybridized carbons (Fsp3) is 0.636. The molecule has 28 heavy (non-hydrogen) atoms. The largest absolute Gasteiger partial charge is 0.348 e. The topological polar surface area (TPSA) is 67.1 Å². The molecule has 0 unspecified atom stereocenters. The lowest BCUT2D eigenvalue weighted by Gasteiger charge is -2.32. The highest BCUT2D eigenvalue weighted by atomic mass is 16.2. The zero-order valence-corrected chi connectivity index (χ0v) is 17.4. The first-order valence-corrected chi connectivity index (χ1v) is 10.9. The van der Waals surface area contributed by atoms with Crippen LogP contribution in [0.15, 0.2) is 24.3 Å². The molecule has 1 heterocycles. The molecule has 0 bridgehead atoms. The summed E-state index contributed by atoms with van der Waals surface area (Å²) in [5.74, 6) is 0.269. The smallest absolute Gasteiger partial charge is 0.279 e. The van der Waals surface area contributed by atoms with Gasteiger partial charge in [-0.25, -0.2) is 0 Å². The van der Waals surface area contributed by atoms with Crippen LogP contribution in [0.3, 0.4) is 0 Å². The molecule has 1 aromatic rings. The number of carbonyl (C=O) groups is 2. The number of hydrogen-bond donors (Lipinski definition) is 4. The summed E-state index contributed by atoms with van der Waals surface area (Å²) in [4.78, 5) is 27.6. The lowest BCUT2D eigenvalue weighted by molar-refractivity contribution is -1.01. The van der Waals surface area contributed by atoms with Crippen molar-refractivity contribution in [2.75, 3.05) is 38.0 Å². The third kappa shape index (κ3) is 5.55. The lowest BCUT2D eigenvalue weighted by atomic mass is 10.1. The number of para-hydroxylation sites is 1. The SMILES string of the molecule is CCc1ccccc1NC(=O)C[NH+]1CC[NH+]([C@@H](C)C(=O)NC2CCCC2)CC1. The zero-order valence-electron chi connectivity index (χ0n) is 17.4. The minimum Gasteiger partial charge on any atom is -0.348 e. The number of aryl methyl sites for hydroxylation is 1. The summed E-state index contributed by atoms with van der Waals surface area (Å²) in [6.07, 6.45) is 5.63. The summed E-state index contributed by atoms with van der Waals surface area (Å²) in [7, 11) is 0. The van der Waals surface area contributed by atoms with Crippen molar-refractivity contribution in [2.45, 2.75) is 58.0 Å². The second kappa shape index (κ2) is 10.0. The molecular weight excluding hydrogens is 352 g/mol. The van der Waals surface area contributed by atoms with Gasteiger partial charge in [-0.05, 0) is 37.8 Å². The van der Waals surface area contributed by atoms with E-state index in [1.165, 1.54) is 28.2 Å². The second-order valence-electron chi connectivity index (χ2n) is 8.36. The molecule has 1 saturated heterocycles. The van der Waals surface area contributed by atoms with Gasteiger partial charge in [0.25, 0.3) is 11.8 Å². The van der Waals surface area contributed by atoms with Crippen molar-refractivity contribution in [3.8, 4) is 0 Å². The number of carbonyl (C=O) groups excluding carboxylic acids is 2. The number of quaternary nitrogens is 2. The van der Waals surface area contributed by atoms with Gasteiger partial charge in [0.2, 0.25) is 0 Å². The molecule has 0 aromatic heterocycles. The van der Waals surface area contributed by atoms with Crippen molar-refractivity contribution in [2.24, 2.45) is 0 Å². The highest BCUT2D eigenvalue weighted by Gasteiger charge is 2.32. The summed E-state index contributed by atoms with van der Waals surface area (Å²) < 4.78 is 0. The molecule has 6 heteroatoms. The highest BCUT2D eigenvalue weighted by molar-refractivity contribution is 5.92. The van der Waals surface area contributed by atoms with E-state index < -0.39 is 0 Å². The standard InChI is InChI=1S/C22H34N4O2/c1-3-18-8-4-7-11-20(18)24-21(27)16-25-12-14-26(15-13-25)17(2)22(28)23-19-9-5-6-10-19/h4,7-8,11,17,19H,3,5-6,9-10,12-16H2,1-2H3,(H,23,28)(H,24,27)/p+2/t17-/m0/s1. The molecule has 3 rings (SSSR count). The van der Waals surface area contributed by atoms with Crippen molar-refractivity contribution < 1.29 is 19.4 Å². The molecule has 2 fully saturated rings. The Morgan fingerprint density at radius 2 is 1.79 bits per heavy atom. The van der Waals surface area contributed by atoms with Crippen molar-refractivity contribution >= 4 is 17.5 Å². The first kappa shape index (κ1) is 20.8. The van der Waals surface area contributed by atoms with Gasteiger partial charge in [-0.15, -0.1) is 0 Å². The Morgan fingerprint density at radius 1 is 1.11 bits per heavy atom. The van der Waals surface area contributed by atoms with Gasteiger partial charge in [0.1, 0.15) is 26.2 Å². The molecule has 2 aliphatic rings. The Kier molecular flexibility index (Phi) is 7.45. The van der Waals surface area contributed by atoms with Crippen LogP contribution in [0.1, 0.15) is 45.1 Å². The van der Waals surface area contributed by atoms with Crippen LogP contribution in [0.4, 0.5) is 5.69 Å². The predicted octanol–water partition coefficient (Wildman–Crippen LogP) is -0.582. The minimum atomic E-state index is -0.00703. The van der Waals surface area contributed by atoms with Crippen LogP contribution < -0.4 is 20.4 Å². The maximum Gasteiger partial charge on any atom is 0.279 e. The van der Waals surface area contributed by atoms with Gasteiger partial charge in [-0.1, -0.05) is 38.0 Å². The number of anilines is 1. The first-order chi connectivity index (χ1) is 13.6. The van der Waals surface area contributed by atoms with E-state index in [-0.39, 0.29) is 17.9 Å². The van der Waals surface area contributed by atoms with Crippen LogP contribution in [0.25, 0.3) is 0 Å². The molecular formula is C22H36N4O2+2. The third-order valence-corrected chi connectivity index (χ3v) is 6.39. The summed E-state index contributed by atoms with van der Waals surface area (Å²) in [6.45, 7) is 8.37. The summed E-state index contributed by atoms with van der Waals surface area (Å²) in [5.41, 5.74) is 2.10. The fourth-order valence-electron chi connectivity index (χ4n) is 4.49. The van der Waals surface area contributed by atoms with Gasteiger partial charge in [-0.2, -0.15) is 0 Å². The van der Waals surface area contributed by atoms with Crippen molar-refractivity contribution in [3.05, 3.63) is 29.8 Å². The molecule has 1 aromatic carbocycles. The third-order valence-electron chi connectivity index (χ3n) is 6.39. The van der Waals surface area contributed by atoms with Gasteiger partial charge in [-0.3, -0.25) is 9.59 Å². The molecule has 1 saturated carbocycles.